The molecule has 1 N–H and O–H groups in total. The van der Waals surface area contributed by atoms with Crippen LogP contribution in [0.1, 0.15) is 38.0 Å². The Morgan fingerprint density at radius 2 is 1.53 bits per heavy atom. The van der Waals surface area contributed by atoms with Crippen molar-refractivity contribution in [3.05, 3.63) is 82.6 Å². The van der Waals surface area contributed by atoms with Gasteiger partial charge >= 0.3 is 11.9 Å². The van der Waals surface area contributed by atoms with Gasteiger partial charge in [-0.15, -0.1) is 0 Å². The molecule has 0 saturated carbocycles. The third-order valence-corrected chi connectivity index (χ3v) is 7.86. The Hall–Kier alpha value is -3.83. The molecule has 0 aliphatic carbocycles. The number of hydrogen-bond donors (Lipinski definition) is 1. The summed E-state index contributed by atoms with van der Waals surface area (Å²) < 4.78 is 37.1. The number of benzene rings is 2. The van der Waals surface area contributed by atoms with Crippen molar-refractivity contribution < 1.29 is 42.2 Å². The number of sulfone groups is 1. The molecule has 34 heavy (non-hydrogen) atoms. The van der Waals surface area contributed by atoms with E-state index in [0.717, 1.165) is 4.90 Å². The van der Waals surface area contributed by atoms with Gasteiger partial charge in [0.15, 0.2) is 11.5 Å². The van der Waals surface area contributed by atoms with Crippen molar-refractivity contribution in [2.45, 2.75) is 23.8 Å². The zero-order chi connectivity index (χ0) is 24.8. The fourth-order valence-electron chi connectivity index (χ4n) is 3.97. The minimum Gasteiger partial charge on any atom is -0.478 e. The Balaban J connectivity index is 1.77. The first-order valence-electron chi connectivity index (χ1n) is 10.0. The monoisotopic (exact) mass is 485 g/mol. The molecule has 2 heterocycles. The van der Waals surface area contributed by atoms with Crippen molar-refractivity contribution in [2.24, 2.45) is 0 Å². The average molecular weight is 485 g/mol. The summed E-state index contributed by atoms with van der Waals surface area (Å²) in [5.74, 6) is -3.53. The van der Waals surface area contributed by atoms with Crippen LogP contribution in [0.25, 0.3) is 0 Å². The molecule has 2 aromatic rings. The molecule has 4 rings (SSSR count). The number of esters is 1. The van der Waals surface area contributed by atoms with Gasteiger partial charge in [-0.3, -0.25) is 14.5 Å². The fourth-order valence-corrected chi connectivity index (χ4v) is 6.13. The number of nitrogens with zero attached hydrogens (tertiary/aromatic N) is 1. The second-order valence-corrected chi connectivity index (χ2v) is 9.78. The van der Waals surface area contributed by atoms with E-state index in [0.29, 0.717) is 0 Å². The Labute approximate surface area is 194 Å². The number of ether oxygens (including phenoxy) is 2. The number of β-lactam (4-membered cyclic amide) rings is 1. The number of amides is 1. The van der Waals surface area contributed by atoms with Gasteiger partial charge in [-0.2, -0.15) is 0 Å². The molecule has 2 aromatic carbocycles. The number of ketones is 1. The van der Waals surface area contributed by atoms with Crippen LogP contribution in [0.2, 0.25) is 0 Å². The zero-order valence-corrected chi connectivity index (χ0v) is 18.8. The summed E-state index contributed by atoms with van der Waals surface area (Å²) in [6.45, 7) is 1.31. The van der Waals surface area contributed by atoms with Crippen LogP contribution in [0.3, 0.4) is 0 Å². The number of carbonyl (C=O) groups is 4. The van der Waals surface area contributed by atoms with Crippen molar-refractivity contribution in [2.75, 3.05) is 7.11 Å². The summed E-state index contributed by atoms with van der Waals surface area (Å²) >= 11 is 0. The summed E-state index contributed by atoms with van der Waals surface area (Å²) in [5, 5.41) is 7.47. The average Bonchev–Trinajstić information content (AvgIpc) is 2.82. The van der Waals surface area contributed by atoms with E-state index in [1.807, 2.05) is 0 Å². The van der Waals surface area contributed by atoms with E-state index in [9.17, 15) is 27.6 Å². The van der Waals surface area contributed by atoms with Crippen LogP contribution >= 0.6 is 0 Å². The van der Waals surface area contributed by atoms with Crippen LogP contribution in [-0.4, -0.2) is 66.1 Å². The molecule has 0 bridgehead atoms. The van der Waals surface area contributed by atoms with Crippen molar-refractivity contribution >= 4 is 33.5 Å². The number of Topliss-reactive ketones (excluding diaryl/α,β-unsaturated/α-hetero) is 1. The Bertz CT molecular complexity index is 1330. The van der Waals surface area contributed by atoms with Crippen LogP contribution in [0.15, 0.2) is 65.9 Å². The zero-order valence-electron chi connectivity index (χ0n) is 18.0. The number of carboxylic acid groups (broad SMARTS) is 1. The van der Waals surface area contributed by atoms with Crippen molar-refractivity contribution in [1.82, 2.24) is 4.90 Å². The standard InChI is InChI=1S/C23H19NO9S/c1-12-16(17(25)13-6-4-3-5-7-13)24-19(26)18(32-2)20(24)34(30,31)23(12)33-22(29)15-10-8-14(9-11-15)21(27)28/h3-11,18,20,23H,1-2H3,(H,27,28)/t18-,20-,23?/m0/s1. The van der Waals surface area contributed by atoms with Gasteiger partial charge in [0.25, 0.3) is 5.91 Å². The minimum atomic E-state index is -4.35. The van der Waals surface area contributed by atoms with E-state index in [2.05, 4.69) is 0 Å². The molecule has 0 radical (unpaired) electrons. The molecule has 1 amide bonds. The van der Waals surface area contributed by atoms with Gasteiger partial charge in [-0.05, 0) is 31.2 Å². The maximum Gasteiger partial charge on any atom is 0.339 e. The molecule has 0 spiro atoms. The Morgan fingerprint density at radius 3 is 2.09 bits per heavy atom. The van der Waals surface area contributed by atoms with E-state index in [1.165, 1.54) is 50.4 Å². The SMILES string of the molecule is CO[C@H]1C(=O)N2C(C(=O)c3ccccc3)=C(C)C(OC(=O)c3ccc(C(=O)O)cc3)S(=O)(=O)[C@@H]12. The summed E-state index contributed by atoms with van der Waals surface area (Å²) in [4.78, 5) is 50.6. The molecule has 0 aromatic heterocycles. The van der Waals surface area contributed by atoms with E-state index in [4.69, 9.17) is 14.6 Å². The molecule has 1 saturated heterocycles. The first-order valence-corrected chi connectivity index (χ1v) is 11.6. The highest BCUT2D eigenvalue weighted by molar-refractivity contribution is 7.93. The third-order valence-electron chi connectivity index (χ3n) is 5.68. The van der Waals surface area contributed by atoms with Crippen molar-refractivity contribution in [3.8, 4) is 0 Å². The lowest BCUT2D eigenvalue weighted by Crippen LogP contribution is -2.72. The fraction of sp³-hybridized carbons (Fsp3) is 0.217. The number of carbonyl (C=O) groups excluding carboxylic acids is 3. The minimum absolute atomic E-state index is 0.0692. The van der Waals surface area contributed by atoms with Gasteiger partial charge in [-0.1, -0.05) is 30.3 Å². The number of methoxy groups -OCH3 is 1. The van der Waals surface area contributed by atoms with Gasteiger partial charge in [0.1, 0.15) is 0 Å². The number of fused-ring (bicyclic) bond motifs is 1. The smallest absolute Gasteiger partial charge is 0.339 e. The number of aromatic carboxylic acids is 1. The van der Waals surface area contributed by atoms with Crippen LogP contribution in [0.4, 0.5) is 0 Å². The van der Waals surface area contributed by atoms with Crippen LogP contribution in [0, 0.1) is 0 Å². The summed E-state index contributed by atoms with van der Waals surface area (Å²) in [5.41, 5.74) is -2.10. The van der Waals surface area contributed by atoms with Gasteiger partial charge in [0.05, 0.1) is 16.8 Å². The second kappa shape index (κ2) is 8.50. The maximum atomic E-state index is 13.3. The molecular weight excluding hydrogens is 466 g/mol. The second-order valence-electron chi connectivity index (χ2n) is 7.69. The predicted molar refractivity (Wildman–Crippen MR) is 116 cm³/mol. The highest BCUT2D eigenvalue weighted by atomic mass is 32.2. The van der Waals surface area contributed by atoms with E-state index in [1.54, 1.807) is 18.2 Å². The van der Waals surface area contributed by atoms with Crippen LogP contribution < -0.4 is 0 Å². The summed E-state index contributed by atoms with van der Waals surface area (Å²) in [6, 6.07) is 12.7. The van der Waals surface area contributed by atoms with E-state index >= 15 is 0 Å². The van der Waals surface area contributed by atoms with Crippen molar-refractivity contribution in [3.63, 3.8) is 0 Å². The van der Waals surface area contributed by atoms with Gasteiger partial charge in [0, 0.05) is 18.2 Å². The van der Waals surface area contributed by atoms with Gasteiger partial charge < -0.3 is 14.6 Å². The molecule has 176 valence electrons. The Morgan fingerprint density at radius 1 is 0.941 bits per heavy atom. The molecular formula is C23H19NO9S. The summed E-state index contributed by atoms with van der Waals surface area (Å²) in [6.07, 6.45) is -1.35. The maximum absolute atomic E-state index is 13.3. The lowest BCUT2D eigenvalue weighted by molar-refractivity contribution is -0.159. The Kier molecular flexibility index (Phi) is 5.84. The van der Waals surface area contributed by atoms with Crippen molar-refractivity contribution in [1.29, 1.82) is 0 Å². The number of allylic oxidation sites excluding steroid dienone is 1. The molecule has 1 unspecified atom stereocenters. The topological polar surface area (TPSA) is 144 Å². The lowest BCUT2D eigenvalue weighted by atomic mass is 9.98. The molecule has 11 heteroatoms. The van der Waals surface area contributed by atoms with Gasteiger partial charge in [0.2, 0.25) is 21.1 Å². The van der Waals surface area contributed by atoms with Crippen LogP contribution in [-0.2, 0) is 24.1 Å². The quantitative estimate of drug-likeness (QED) is 0.367. The highest BCUT2D eigenvalue weighted by Gasteiger charge is 2.63. The van der Waals surface area contributed by atoms with E-state index in [-0.39, 0.29) is 28.0 Å². The van der Waals surface area contributed by atoms with Gasteiger partial charge in [-0.25, -0.2) is 18.0 Å². The van der Waals surface area contributed by atoms with E-state index < -0.39 is 50.4 Å². The summed E-state index contributed by atoms with van der Waals surface area (Å²) in [7, 11) is -3.18. The molecule has 10 nitrogen and oxygen atoms in total. The molecule has 3 atom stereocenters. The highest BCUT2D eigenvalue weighted by Crippen LogP contribution is 2.42. The first kappa shape index (κ1) is 23.3. The largest absolute Gasteiger partial charge is 0.478 e. The number of carboxylic acids is 1. The molecule has 2 aliphatic rings. The van der Waals surface area contributed by atoms with Crippen LogP contribution in [0.5, 0.6) is 0 Å². The predicted octanol–water partition coefficient (Wildman–Crippen LogP) is 1.64. The molecule has 1 fully saturated rings. The number of rotatable bonds is 6. The lowest BCUT2D eigenvalue weighted by Gasteiger charge is -2.50. The number of hydrogen-bond acceptors (Lipinski definition) is 8. The molecule has 2 aliphatic heterocycles. The normalized spacial score (nSPS) is 23.1. The third kappa shape index (κ3) is 3.58. The first-order chi connectivity index (χ1) is 16.1.